The molecule has 1 saturated heterocycles. The smallest absolute Gasteiger partial charge is 0.249 e. The predicted molar refractivity (Wildman–Crippen MR) is 86.7 cm³/mol. The van der Waals surface area contributed by atoms with E-state index in [2.05, 4.69) is 6.92 Å². The van der Waals surface area contributed by atoms with Crippen LogP contribution in [0.4, 0.5) is 0 Å². The van der Waals surface area contributed by atoms with Crippen molar-refractivity contribution in [2.75, 3.05) is 13.2 Å². The molecule has 22 heavy (non-hydrogen) atoms. The molecule has 0 spiro atoms. The summed E-state index contributed by atoms with van der Waals surface area (Å²) in [5.74, 6) is 0.0292. The third-order valence-electron chi connectivity index (χ3n) is 4.08. The third kappa shape index (κ3) is 3.16. The van der Waals surface area contributed by atoms with Crippen molar-refractivity contribution in [2.24, 2.45) is 0 Å². The van der Waals surface area contributed by atoms with E-state index < -0.39 is 0 Å². The van der Waals surface area contributed by atoms with Crippen LogP contribution in [0.2, 0.25) is 5.02 Å². The Balaban J connectivity index is 1.79. The summed E-state index contributed by atoms with van der Waals surface area (Å²) < 4.78 is 5.70. The van der Waals surface area contributed by atoms with Crippen LogP contribution in [0.1, 0.15) is 30.2 Å². The van der Waals surface area contributed by atoms with Crippen molar-refractivity contribution in [3.8, 4) is 0 Å². The Bertz CT molecular complexity index is 642. The highest BCUT2D eigenvalue weighted by Crippen LogP contribution is 2.29. The number of carbonyl (C=O) groups excluding carboxylic acids is 1. The maximum atomic E-state index is 12.2. The van der Waals surface area contributed by atoms with Crippen LogP contribution in [-0.2, 0) is 9.53 Å². The molecule has 2 aromatic carbocycles. The van der Waals surface area contributed by atoms with Crippen LogP contribution >= 0.6 is 11.6 Å². The molecule has 0 N–H and O–H groups in total. The van der Waals surface area contributed by atoms with E-state index in [0.717, 1.165) is 11.1 Å². The lowest BCUT2D eigenvalue weighted by Crippen LogP contribution is -2.44. The summed E-state index contributed by atoms with van der Waals surface area (Å²) in [5.41, 5.74) is 2.18. The first kappa shape index (κ1) is 15.1. The minimum Gasteiger partial charge on any atom is -0.362 e. The molecule has 1 heterocycles. The van der Waals surface area contributed by atoms with E-state index in [1.165, 1.54) is 0 Å². The number of hydrogen-bond donors (Lipinski definition) is 0. The number of morpholine rings is 1. The van der Waals surface area contributed by atoms with Crippen molar-refractivity contribution in [3.05, 3.63) is 70.7 Å². The Kier molecular flexibility index (Phi) is 4.46. The molecule has 2 atom stereocenters. The summed E-state index contributed by atoms with van der Waals surface area (Å²) in [5, 5.41) is 0.699. The van der Waals surface area contributed by atoms with Gasteiger partial charge in [-0.3, -0.25) is 4.79 Å². The van der Waals surface area contributed by atoms with Gasteiger partial charge in [-0.1, -0.05) is 54.1 Å². The highest BCUT2D eigenvalue weighted by molar-refractivity contribution is 6.30. The Labute approximate surface area is 135 Å². The molecule has 4 heteroatoms. The van der Waals surface area contributed by atoms with Crippen LogP contribution in [0.5, 0.6) is 0 Å². The Hall–Kier alpha value is -1.84. The number of carbonyl (C=O) groups is 1. The number of benzene rings is 2. The van der Waals surface area contributed by atoms with Gasteiger partial charge in [0.15, 0.2) is 0 Å². The minimum absolute atomic E-state index is 0.0292. The average Bonchev–Trinajstić information content (AvgIpc) is 2.56. The van der Waals surface area contributed by atoms with Crippen molar-refractivity contribution < 1.29 is 9.53 Å². The lowest BCUT2D eigenvalue weighted by atomic mass is 10.0. The summed E-state index contributed by atoms with van der Waals surface area (Å²) in [6.45, 7) is 2.72. The van der Waals surface area contributed by atoms with Crippen LogP contribution in [0.25, 0.3) is 0 Å². The molecule has 0 bridgehead atoms. The van der Waals surface area contributed by atoms with E-state index in [4.69, 9.17) is 16.3 Å². The van der Waals surface area contributed by atoms with Crippen molar-refractivity contribution in [3.63, 3.8) is 0 Å². The Morgan fingerprint density at radius 3 is 2.50 bits per heavy atom. The molecule has 2 aromatic rings. The summed E-state index contributed by atoms with van der Waals surface area (Å²) in [6, 6.07) is 17.7. The van der Waals surface area contributed by atoms with E-state index in [1.807, 2.05) is 59.5 Å². The van der Waals surface area contributed by atoms with E-state index in [9.17, 15) is 4.79 Å². The zero-order chi connectivity index (χ0) is 15.5. The fourth-order valence-corrected chi connectivity index (χ4v) is 2.88. The topological polar surface area (TPSA) is 29.5 Å². The highest BCUT2D eigenvalue weighted by atomic mass is 35.5. The molecule has 3 nitrogen and oxygen atoms in total. The van der Waals surface area contributed by atoms with Gasteiger partial charge in [0.05, 0.1) is 12.6 Å². The van der Waals surface area contributed by atoms with Crippen molar-refractivity contribution in [1.82, 2.24) is 4.90 Å². The van der Waals surface area contributed by atoms with Gasteiger partial charge in [-0.2, -0.15) is 0 Å². The van der Waals surface area contributed by atoms with E-state index in [-0.39, 0.29) is 24.7 Å². The number of amides is 1. The van der Waals surface area contributed by atoms with Gasteiger partial charge >= 0.3 is 0 Å². The highest BCUT2D eigenvalue weighted by Gasteiger charge is 2.31. The largest absolute Gasteiger partial charge is 0.362 e. The van der Waals surface area contributed by atoms with Crippen LogP contribution in [0.3, 0.4) is 0 Å². The van der Waals surface area contributed by atoms with Gasteiger partial charge in [0.25, 0.3) is 0 Å². The molecule has 1 aliphatic rings. The first-order chi connectivity index (χ1) is 10.6. The lowest BCUT2D eigenvalue weighted by molar-refractivity contribution is -0.152. The predicted octanol–water partition coefficient (Wildman–Crippen LogP) is 4.00. The van der Waals surface area contributed by atoms with Crippen LogP contribution in [0, 0.1) is 0 Å². The van der Waals surface area contributed by atoms with Gasteiger partial charge in [0, 0.05) is 5.02 Å². The molecule has 114 valence electrons. The Morgan fingerprint density at radius 2 is 1.82 bits per heavy atom. The zero-order valence-electron chi connectivity index (χ0n) is 12.4. The molecule has 0 radical (unpaired) electrons. The molecule has 1 aliphatic heterocycles. The summed E-state index contributed by atoms with van der Waals surface area (Å²) >= 11 is 5.93. The van der Waals surface area contributed by atoms with Crippen LogP contribution in [-0.4, -0.2) is 24.0 Å². The summed E-state index contributed by atoms with van der Waals surface area (Å²) in [4.78, 5) is 14.1. The van der Waals surface area contributed by atoms with E-state index in [1.54, 1.807) is 0 Å². The maximum Gasteiger partial charge on any atom is 0.249 e. The minimum atomic E-state index is -0.110. The molecule has 3 rings (SSSR count). The van der Waals surface area contributed by atoms with Gasteiger partial charge in [0.1, 0.15) is 12.7 Å². The summed E-state index contributed by atoms with van der Waals surface area (Å²) in [7, 11) is 0. The number of nitrogens with zero attached hydrogens (tertiary/aromatic N) is 1. The van der Waals surface area contributed by atoms with Crippen molar-refractivity contribution >= 4 is 17.5 Å². The fraction of sp³-hybridized carbons (Fsp3) is 0.278. The Morgan fingerprint density at radius 1 is 1.14 bits per heavy atom. The molecular weight excluding hydrogens is 298 g/mol. The standard InChI is InChI=1S/C18H18ClNO2/c1-13(14-5-3-2-4-6-14)20-11-17(22-12-18(20)21)15-7-9-16(19)10-8-15/h2-10,13,17H,11-12H2,1H3/t13-,17+/m1/s1. The normalized spacial score (nSPS) is 20.0. The van der Waals surface area contributed by atoms with E-state index in [0.29, 0.717) is 11.6 Å². The number of ether oxygens (including phenoxy) is 1. The molecule has 1 fully saturated rings. The van der Waals surface area contributed by atoms with Gasteiger partial charge in [-0.15, -0.1) is 0 Å². The van der Waals surface area contributed by atoms with Crippen molar-refractivity contribution in [1.29, 1.82) is 0 Å². The molecule has 0 unspecified atom stereocenters. The SMILES string of the molecule is C[C@H](c1ccccc1)N1C[C@@H](c2ccc(Cl)cc2)OCC1=O. The van der Waals surface area contributed by atoms with E-state index >= 15 is 0 Å². The van der Waals surface area contributed by atoms with Crippen LogP contribution in [0.15, 0.2) is 54.6 Å². The lowest BCUT2D eigenvalue weighted by Gasteiger charge is -2.37. The quantitative estimate of drug-likeness (QED) is 0.856. The first-order valence-corrected chi connectivity index (χ1v) is 7.74. The zero-order valence-corrected chi connectivity index (χ0v) is 13.2. The van der Waals surface area contributed by atoms with Gasteiger partial charge in [0.2, 0.25) is 5.91 Å². The fourth-order valence-electron chi connectivity index (χ4n) is 2.75. The average molecular weight is 316 g/mol. The van der Waals surface area contributed by atoms with Gasteiger partial charge in [-0.25, -0.2) is 0 Å². The maximum absolute atomic E-state index is 12.2. The van der Waals surface area contributed by atoms with Crippen molar-refractivity contribution in [2.45, 2.75) is 19.1 Å². The molecule has 0 aliphatic carbocycles. The molecular formula is C18H18ClNO2. The molecule has 0 saturated carbocycles. The molecule has 1 amide bonds. The monoisotopic (exact) mass is 315 g/mol. The van der Waals surface area contributed by atoms with Gasteiger partial charge < -0.3 is 9.64 Å². The van der Waals surface area contributed by atoms with Gasteiger partial charge in [-0.05, 0) is 30.2 Å². The summed E-state index contributed by atoms with van der Waals surface area (Å²) in [6.07, 6.45) is -0.110. The van der Waals surface area contributed by atoms with Crippen LogP contribution < -0.4 is 0 Å². The first-order valence-electron chi connectivity index (χ1n) is 7.36. The second kappa shape index (κ2) is 6.51. The number of rotatable bonds is 3. The third-order valence-corrected chi connectivity index (χ3v) is 4.33. The second-order valence-electron chi connectivity index (χ2n) is 5.48. The number of halogens is 1. The number of hydrogen-bond acceptors (Lipinski definition) is 2. The molecule has 0 aromatic heterocycles. The second-order valence-corrected chi connectivity index (χ2v) is 5.92.